The molecule has 0 fully saturated rings. The molecule has 0 bridgehead atoms. The topological polar surface area (TPSA) is 75.5 Å². The van der Waals surface area contributed by atoms with Gasteiger partial charge in [0.25, 0.3) is 0 Å². The van der Waals surface area contributed by atoms with Crippen molar-refractivity contribution in [3.8, 4) is 11.3 Å². The van der Waals surface area contributed by atoms with E-state index in [1.165, 1.54) is 6.92 Å². The molecule has 0 aliphatic carbocycles. The number of anilines is 1. The van der Waals surface area contributed by atoms with Gasteiger partial charge in [-0.05, 0) is 36.8 Å². The second-order valence-corrected chi connectivity index (χ2v) is 7.59. The molecule has 0 spiro atoms. The first-order valence-corrected chi connectivity index (χ1v) is 10.2. The van der Waals surface area contributed by atoms with Crippen LogP contribution in [0.2, 0.25) is 0 Å². The van der Waals surface area contributed by atoms with Crippen LogP contribution in [0.1, 0.15) is 30.5 Å². The van der Waals surface area contributed by atoms with Crippen LogP contribution in [0.5, 0.6) is 0 Å². The first-order chi connectivity index (χ1) is 15.0. The van der Waals surface area contributed by atoms with E-state index in [2.05, 4.69) is 15.6 Å². The molecule has 0 radical (unpaired) electrons. The van der Waals surface area contributed by atoms with Crippen molar-refractivity contribution in [1.29, 1.82) is 0 Å². The maximum Gasteiger partial charge on any atom is 0.226 e. The quantitative estimate of drug-likeness (QED) is 0.489. The highest BCUT2D eigenvalue weighted by atomic mass is 16.2. The Labute approximate surface area is 180 Å². The first kappa shape index (κ1) is 20.3. The highest BCUT2D eigenvalue weighted by Crippen LogP contribution is 2.23. The van der Waals surface area contributed by atoms with Crippen molar-refractivity contribution in [2.45, 2.75) is 26.3 Å². The van der Waals surface area contributed by atoms with Gasteiger partial charge in [0, 0.05) is 30.6 Å². The summed E-state index contributed by atoms with van der Waals surface area (Å²) < 4.78 is 1.97. The summed E-state index contributed by atoms with van der Waals surface area (Å²) in [5, 5.41) is 5.78. The summed E-state index contributed by atoms with van der Waals surface area (Å²) in [5.74, 6) is -0.338. The minimum atomic E-state index is -0.379. The van der Waals surface area contributed by atoms with E-state index < -0.39 is 0 Å². The fourth-order valence-electron chi connectivity index (χ4n) is 3.49. The molecule has 1 atom stereocenters. The Morgan fingerprint density at radius 2 is 1.74 bits per heavy atom. The number of amides is 2. The van der Waals surface area contributed by atoms with Crippen LogP contribution in [0.25, 0.3) is 16.9 Å². The van der Waals surface area contributed by atoms with E-state index in [-0.39, 0.29) is 24.3 Å². The van der Waals surface area contributed by atoms with Crippen molar-refractivity contribution in [3.05, 3.63) is 90.3 Å². The standard InChI is InChI=1S/C25H24N4O2/c1-17-6-8-19(9-7-17)22(26-18(2)30)15-25(31)27-21-12-10-20(11-13-21)23-16-29-14-4-3-5-24(29)28-23/h3-14,16,22H,15H2,1-2H3,(H,26,30)(H,27,31). The van der Waals surface area contributed by atoms with Gasteiger partial charge in [-0.25, -0.2) is 4.98 Å². The van der Waals surface area contributed by atoms with E-state index in [1.54, 1.807) is 0 Å². The second-order valence-electron chi connectivity index (χ2n) is 7.59. The number of nitrogens with one attached hydrogen (secondary N) is 2. The Hall–Kier alpha value is -3.93. The molecular weight excluding hydrogens is 388 g/mol. The zero-order chi connectivity index (χ0) is 21.8. The van der Waals surface area contributed by atoms with Crippen LogP contribution in [-0.2, 0) is 9.59 Å². The number of aryl methyl sites for hydroxylation is 1. The van der Waals surface area contributed by atoms with Crippen molar-refractivity contribution in [1.82, 2.24) is 14.7 Å². The van der Waals surface area contributed by atoms with E-state index in [0.717, 1.165) is 28.0 Å². The van der Waals surface area contributed by atoms with Gasteiger partial charge in [-0.3, -0.25) is 9.59 Å². The van der Waals surface area contributed by atoms with E-state index in [1.807, 2.05) is 90.4 Å². The van der Waals surface area contributed by atoms with Crippen molar-refractivity contribution in [2.75, 3.05) is 5.32 Å². The number of carbonyl (C=O) groups is 2. The third-order valence-electron chi connectivity index (χ3n) is 5.08. The Morgan fingerprint density at radius 1 is 1.00 bits per heavy atom. The second kappa shape index (κ2) is 8.83. The zero-order valence-electron chi connectivity index (χ0n) is 17.5. The van der Waals surface area contributed by atoms with Crippen molar-refractivity contribution in [2.24, 2.45) is 0 Å². The minimum absolute atomic E-state index is 0.150. The lowest BCUT2D eigenvalue weighted by atomic mass is 10.0. The number of aromatic nitrogens is 2. The monoisotopic (exact) mass is 412 g/mol. The third kappa shape index (κ3) is 4.98. The van der Waals surface area contributed by atoms with E-state index in [9.17, 15) is 9.59 Å². The number of nitrogens with zero attached hydrogens (tertiary/aromatic N) is 2. The van der Waals surface area contributed by atoms with Gasteiger partial charge in [0.15, 0.2) is 0 Å². The molecule has 2 N–H and O–H groups in total. The molecule has 156 valence electrons. The molecule has 0 aliphatic rings. The van der Waals surface area contributed by atoms with Crippen molar-refractivity contribution in [3.63, 3.8) is 0 Å². The number of hydrogen-bond donors (Lipinski definition) is 2. The summed E-state index contributed by atoms with van der Waals surface area (Å²) in [4.78, 5) is 28.9. The number of fused-ring (bicyclic) bond motifs is 1. The summed E-state index contributed by atoms with van der Waals surface area (Å²) in [6, 6.07) is 20.9. The molecule has 2 heterocycles. The molecule has 2 aromatic heterocycles. The molecule has 0 aliphatic heterocycles. The summed E-state index contributed by atoms with van der Waals surface area (Å²) in [6.45, 7) is 3.46. The highest BCUT2D eigenvalue weighted by Gasteiger charge is 2.17. The molecule has 4 rings (SSSR count). The van der Waals surface area contributed by atoms with Crippen LogP contribution < -0.4 is 10.6 Å². The molecule has 6 nitrogen and oxygen atoms in total. The molecular formula is C25H24N4O2. The van der Waals surface area contributed by atoms with Gasteiger partial charge in [-0.1, -0.05) is 48.0 Å². The zero-order valence-corrected chi connectivity index (χ0v) is 17.5. The molecule has 0 saturated carbocycles. The largest absolute Gasteiger partial charge is 0.349 e. The molecule has 2 aromatic carbocycles. The molecule has 0 saturated heterocycles. The first-order valence-electron chi connectivity index (χ1n) is 10.2. The Kier molecular flexibility index (Phi) is 5.80. The predicted molar refractivity (Wildman–Crippen MR) is 122 cm³/mol. The highest BCUT2D eigenvalue weighted by molar-refractivity contribution is 5.92. The summed E-state index contributed by atoms with van der Waals surface area (Å²) in [7, 11) is 0. The average Bonchev–Trinajstić information content (AvgIpc) is 3.18. The van der Waals surface area contributed by atoms with Gasteiger partial charge in [0.05, 0.1) is 18.2 Å². The van der Waals surface area contributed by atoms with Crippen LogP contribution in [0.3, 0.4) is 0 Å². The lowest BCUT2D eigenvalue weighted by molar-refractivity contribution is -0.120. The molecule has 6 heteroatoms. The van der Waals surface area contributed by atoms with Gasteiger partial charge >= 0.3 is 0 Å². The average molecular weight is 412 g/mol. The van der Waals surface area contributed by atoms with E-state index >= 15 is 0 Å². The number of benzene rings is 2. The molecule has 4 aromatic rings. The molecule has 2 amide bonds. The summed E-state index contributed by atoms with van der Waals surface area (Å²) in [6.07, 6.45) is 4.08. The van der Waals surface area contributed by atoms with Gasteiger partial charge in [0.1, 0.15) is 5.65 Å². The smallest absolute Gasteiger partial charge is 0.226 e. The Morgan fingerprint density at radius 3 is 2.42 bits per heavy atom. The maximum absolute atomic E-state index is 12.6. The number of imidazole rings is 1. The van der Waals surface area contributed by atoms with E-state index in [0.29, 0.717) is 5.69 Å². The predicted octanol–water partition coefficient (Wildman–Crippen LogP) is 4.52. The fraction of sp³-hybridized carbons (Fsp3) is 0.160. The number of carbonyl (C=O) groups excluding carboxylic acids is 2. The lowest BCUT2D eigenvalue weighted by Gasteiger charge is -2.18. The number of hydrogen-bond acceptors (Lipinski definition) is 3. The summed E-state index contributed by atoms with van der Waals surface area (Å²) >= 11 is 0. The van der Waals surface area contributed by atoms with Gasteiger partial charge in [0.2, 0.25) is 11.8 Å². The van der Waals surface area contributed by atoms with Crippen LogP contribution in [0, 0.1) is 6.92 Å². The lowest BCUT2D eigenvalue weighted by Crippen LogP contribution is -2.29. The fourth-order valence-corrected chi connectivity index (χ4v) is 3.49. The van der Waals surface area contributed by atoms with Crippen LogP contribution in [-0.4, -0.2) is 21.2 Å². The van der Waals surface area contributed by atoms with Crippen molar-refractivity contribution < 1.29 is 9.59 Å². The SMILES string of the molecule is CC(=O)NC(CC(=O)Nc1ccc(-c2cn3ccccc3n2)cc1)c1ccc(C)cc1. The number of rotatable bonds is 6. The van der Waals surface area contributed by atoms with Gasteiger partial charge in [-0.15, -0.1) is 0 Å². The Balaban J connectivity index is 1.44. The van der Waals surface area contributed by atoms with Gasteiger partial charge in [-0.2, -0.15) is 0 Å². The minimum Gasteiger partial charge on any atom is -0.349 e. The summed E-state index contributed by atoms with van der Waals surface area (Å²) in [5.41, 5.74) is 5.45. The van der Waals surface area contributed by atoms with Crippen molar-refractivity contribution >= 4 is 23.1 Å². The normalized spacial score (nSPS) is 11.8. The van der Waals surface area contributed by atoms with Crippen LogP contribution in [0.15, 0.2) is 79.1 Å². The van der Waals surface area contributed by atoms with Gasteiger partial charge < -0.3 is 15.0 Å². The van der Waals surface area contributed by atoms with Crippen LogP contribution in [0.4, 0.5) is 5.69 Å². The van der Waals surface area contributed by atoms with E-state index in [4.69, 9.17) is 0 Å². The van der Waals surface area contributed by atoms with Crippen LogP contribution >= 0.6 is 0 Å². The third-order valence-corrected chi connectivity index (χ3v) is 5.08. The molecule has 31 heavy (non-hydrogen) atoms. The number of pyridine rings is 1. The maximum atomic E-state index is 12.6. The molecule has 1 unspecified atom stereocenters. The Bertz CT molecular complexity index is 1180.